The van der Waals surface area contributed by atoms with Gasteiger partial charge in [-0.05, 0) is 38.0 Å². The molecule has 2 aromatic heterocycles. The Morgan fingerprint density at radius 2 is 2.08 bits per heavy atom. The average molecular weight is 509 g/mol. The van der Waals surface area contributed by atoms with Crippen molar-refractivity contribution in [2.24, 2.45) is 0 Å². The first-order valence-corrected chi connectivity index (χ1v) is 12.7. The zero-order valence-corrected chi connectivity index (χ0v) is 21.1. The molecule has 6 rings (SSSR count). The molecule has 3 N–H and O–H groups in total. The standard InChI is InChI=1S/C27H29ClN4O4/c1-26(10-12-36-26)15-35-19-13-29-11-7-16(19)21-22(31-18-6-3-5-17(28)23(18)34-2)20-24(32-21)27(8-4-9-27)14-30-25(20)33/h3,5-7,11,13,31-32H,4,8-10,12,14-15H2,1-2H3,(H,30,33)/t26-/m0/s1. The van der Waals surface area contributed by atoms with E-state index >= 15 is 0 Å². The van der Waals surface area contributed by atoms with Gasteiger partial charge in [0.05, 0.1) is 47.6 Å². The number of nitrogens with one attached hydrogen (secondary N) is 3. The number of benzene rings is 1. The lowest BCUT2D eigenvalue weighted by Crippen LogP contribution is -2.50. The zero-order valence-electron chi connectivity index (χ0n) is 20.4. The van der Waals surface area contributed by atoms with Crippen molar-refractivity contribution in [3.8, 4) is 22.8 Å². The summed E-state index contributed by atoms with van der Waals surface area (Å²) in [6, 6.07) is 7.40. The smallest absolute Gasteiger partial charge is 0.255 e. The van der Waals surface area contributed by atoms with Gasteiger partial charge in [-0.2, -0.15) is 0 Å². The third-order valence-corrected chi connectivity index (χ3v) is 8.05. The highest BCUT2D eigenvalue weighted by Crippen LogP contribution is 2.51. The van der Waals surface area contributed by atoms with E-state index in [9.17, 15) is 4.79 Å². The number of fused-ring (bicyclic) bond motifs is 2. The van der Waals surface area contributed by atoms with Crippen molar-refractivity contribution in [3.05, 3.63) is 52.9 Å². The molecule has 8 nitrogen and oxygen atoms in total. The Hall–Kier alpha value is -3.23. The van der Waals surface area contributed by atoms with Gasteiger partial charge >= 0.3 is 0 Å². The number of nitrogens with zero attached hydrogens (tertiary/aromatic N) is 1. The Kier molecular flexibility index (Phi) is 5.61. The van der Waals surface area contributed by atoms with Crippen molar-refractivity contribution >= 4 is 28.9 Å². The van der Waals surface area contributed by atoms with Crippen molar-refractivity contribution < 1.29 is 19.0 Å². The Morgan fingerprint density at radius 3 is 2.78 bits per heavy atom. The molecule has 1 saturated carbocycles. The summed E-state index contributed by atoms with van der Waals surface area (Å²) in [6.07, 6.45) is 7.57. The fourth-order valence-corrected chi connectivity index (χ4v) is 5.61. The van der Waals surface area contributed by atoms with Crippen LogP contribution in [-0.4, -0.2) is 48.3 Å². The maximum absolute atomic E-state index is 13.3. The van der Waals surface area contributed by atoms with Gasteiger partial charge < -0.3 is 29.8 Å². The lowest BCUT2D eigenvalue weighted by atomic mass is 9.64. The van der Waals surface area contributed by atoms with Crippen LogP contribution >= 0.6 is 11.6 Å². The van der Waals surface area contributed by atoms with Crippen LogP contribution in [0.25, 0.3) is 11.3 Å². The highest BCUT2D eigenvalue weighted by atomic mass is 35.5. The molecule has 1 saturated heterocycles. The van der Waals surface area contributed by atoms with E-state index in [1.165, 1.54) is 0 Å². The number of carbonyl (C=O) groups is 1. The normalized spacial score (nSPS) is 21.7. The minimum Gasteiger partial charge on any atom is -0.493 e. The first-order chi connectivity index (χ1) is 17.4. The molecular formula is C27H29ClN4O4. The Bertz CT molecular complexity index is 1330. The minimum atomic E-state index is -0.298. The van der Waals surface area contributed by atoms with Crippen LogP contribution in [0.3, 0.4) is 0 Å². The van der Waals surface area contributed by atoms with Crippen LogP contribution < -0.4 is 20.1 Å². The Labute approximate surface area is 214 Å². The molecule has 1 atom stereocenters. The van der Waals surface area contributed by atoms with Gasteiger partial charge in [-0.1, -0.05) is 24.1 Å². The molecule has 0 unspecified atom stereocenters. The number of pyridine rings is 1. The predicted molar refractivity (Wildman–Crippen MR) is 138 cm³/mol. The molecule has 3 aromatic rings. The molecule has 9 heteroatoms. The van der Waals surface area contributed by atoms with E-state index in [1.807, 2.05) is 25.1 Å². The zero-order chi connectivity index (χ0) is 24.9. The van der Waals surface area contributed by atoms with Crippen LogP contribution in [0.1, 0.15) is 48.7 Å². The number of anilines is 2. The van der Waals surface area contributed by atoms with Crippen LogP contribution in [-0.2, 0) is 10.2 Å². The number of hydrogen-bond donors (Lipinski definition) is 3. The molecule has 1 aliphatic carbocycles. The van der Waals surface area contributed by atoms with Crippen molar-refractivity contribution in [1.82, 2.24) is 15.3 Å². The van der Waals surface area contributed by atoms with Crippen molar-refractivity contribution in [2.45, 2.75) is 43.6 Å². The van der Waals surface area contributed by atoms with Gasteiger partial charge in [-0.15, -0.1) is 0 Å². The van der Waals surface area contributed by atoms with Gasteiger partial charge in [-0.25, -0.2) is 0 Å². The number of halogens is 1. The predicted octanol–water partition coefficient (Wildman–Crippen LogP) is 5.21. The molecule has 1 spiro atoms. The summed E-state index contributed by atoms with van der Waals surface area (Å²) < 4.78 is 17.5. The maximum Gasteiger partial charge on any atom is 0.255 e. The summed E-state index contributed by atoms with van der Waals surface area (Å²) >= 11 is 6.41. The third kappa shape index (κ3) is 3.71. The molecule has 0 bridgehead atoms. The number of ether oxygens (including phenoxy) is 3. The first-order valence-electron chi connectivity index (χ1n) is 12.3. The number of aromatic nitrogens is 2. The van der Waals surface area contributed by atoms with Crippen molar-refractivity contribution in [1.29, 1.82) is 0 Å². The lowest BCUT2D eigenvalue weighted by molar-refractivity contribution is -0.152. The molecule has 1 amide bonds. The largest absolute Gasteiger partial charge is 0.493 e. The summed E-state index contributed by atoms with van der Waals surface area (Å²) in [4.78, 5) is 21.2. The molecule has 2 fully saturated rings. The fourth-order valence-electron chi connectivity index (χ4n) is 5.35. The number of methoxy groups -OCH3 is 1. The van der Waals surface area contributed by atoms with E-state index in [2.05, 4.69) is 20.6 Å². The molecule has 36 heavy (non-hydrogen) atoms. The summed E-state index contributed by atoms with van der Waals surface area (Å²) in [6.45, 7) is 3.84. The molecule has 4 heterocycles. The van der Waals surface area contributed by atoms with Gasteiger partial charge in [0.15, 0.2) is 5.75 Å². The van der Waals surface area contributed by atoms with E-state index in [0.29, 0.717) is 46.6 Å². The van der Waals surface area contributed by atoms with Crippen LogP contribution in [0.15, 0.2) is 36.7 Å². The summed E-state index contributed by atoms with van der Waals surface area (Å²) in [5.74, 6) is 1.02. The van der Waals surface area contributed by atoms with Crippen molar-refractivity contribution in [2.75, 3.05) is 32.2 Å². The van der Waals surface area contributed by atoms with Gasteiger partial charge in [0, 0.05) is 35.8 Å². The van der Waals surface area contributed by atoms with Crippen LogP contribution in [0, 0.1) is 0 Å². The molecular weight excluding hydrogens is 480 g/mol. The average Bonchev–Trinajstić information content (AvgIpc) is 3.21. The fraction of sp³-hybridized carbons (Fsp3) is 0.407. The van der Waals surface area contributed by atoms with E-state index < -0.39 is 0 Å². The quantitative estimate of drug-likeness (QED) is 0.405. The maximum atomic E-state index is 13.3. The van der Waals surface area contributed by atoms with E-state index in [4.69, 9.17) is 25.8 Å². The SMILES string of the molecule is COc1c(Cl)cccc1Nc1c(-c2ccncc2OC[C@]2(C)CCO2)[nH]c2c1C(=O)NCC21CCC1. The highest BCUT2D eigenvalue weighted by Gasteiger charge is 2.47. The second kappa shape index (κ2) is 8.71. The van der Waals surface area contributed by atoms with Crippen LogP contribution in [0.2, 0.25) is 5.02 Å². The number of aromatic amines is 1. The molecule has 3 aliphatic rings. The number of carbonyl (C=O) groups excluding carboxylic acids is 1. The van der Waals surface area contributed by atoms with Gasteiger partial charge in [0.2, 0.25) is 0 Å². The summed E-state index contributed by atoms with van der Waals surface area (Å²) in [7, 11) is 1.58. The molecule has 188 valence electrons. The van der Waals surface area contributed by atoms with E-state index in [-0.39, 0.29) is 16.9 Å². The number of para-hydroxylation sites is 1. The molecule has 1 aromatic carbocycles. The van der Waals surface area contributed by atoms with Crippen LogP contribution in [0.5, 0.6) is 11.5 Å². The Morgan fingerprint density at radius 1 is 1.25 bits per heavy atom. The number of rotatable bonds is 7. The minimum absolute atomic E-state index is 0.0857. The van der Waals surface area contributed by atoms with Gasteiger partial charge in [-0.3, -0.25) is 9.78 Å². The van der Waals surface area contributed by atoms with Crippen LogP contribution in [0.4, 0.5) is 11.4 Å². The molecule has 0 radical (unpaired) electrons. The molecule has 2 aliphatic heterocycles. The highest BCUT2D eigenvalue weighted by molar-refractivity contribution is 6.32. The van der Waals surface area contributed by atoms with Gasteiger partial charge in [0.25, 0.3) is 5.91 Å². The van der Waals surface area contributed by atoms with E-state index in [0.717, 1.165) is 49.2 Å². The Balaban J connectivity index is 1.49. The van der Waals surface area contributed by atoms with Crippen molar-refractivity contribution in [3.63, 3.8) is 0 Å². The second-order valence-corrected chi connectivity index (χ2v) is 10.5. The second-order valence-electron chi connectivity index (χ2n) is 10.1. The number of hydrogen-bond acceptors (Lipinski definition) is 6. The van der Waals surface area contributed by atoms with E-state index in [1.54, 1.807) is 25.6 Å². The lowest BCUT2D eigenvalue weighted by Gasteiger charge is -2.44. The number of amides is 1. The first kappa shape index (κ1) is 23.2. The summed E-state index contributed by atoms with van der Waals surface area (Å²) in [5, 5.41) is 7.08. The monoisotopic (exact) mass is 508 g/mol. The topological polar surface area (TPSA) is 97.5 Å². The number of H-pyrrole nitrogens is 1. The third-order valence-electron chi connectivity index (χ3n) is 7.75. The van der Waals surface area contributed by atoms with Gasteiger partial charge in [0.1, 0.15) is 18.0 Å². The summed E-state index contributed by atoms with van der Waals surface area (Å²) in [5.41, 5.74) is 4.11.